The van der Waals surface area contributed by atoms with Crippen LogP contribution in [0.2, 0.25) is 0 Å². The van der Waals surface area contributed by atoms with Crippen LogP contribution in [0.1, 0.15) is 5.56 Å². The number of ether oxygens (including phenoxy) is 1. The Bertz CT molecular complexity index is 1200. The summed E-state index contributed by atoms with van der Waals surface area (Å²) in [5.74, 6) is -0.317. The number of benzene rings is 2. The van der Waals surface area contributed by atoms with Crippen LogP contribution in [-0.4, -0.2) is 23.2 Å². The highest BCUT2D eigenvalue weighted by Crippen LogP contribution is 2.27. The molecule has 6 heteroatoms. The van der Waals surface area contributed by atoms with E-state index in [4.69, 9.17) is 0 Å². The van der Waals surface area contributed by atoms with Crippen molar-refractivity contribution < 1.29 is 14.6 Å². The largest absolute Gasteiger partial charge is 0.494 e. The van der Waals surface area contributed by atoms with Crippen LogP contribution in [-0.2, 0) is 9.53 Å². The molecule has 0 unspecified atom stereocenters. The summed E-state index contributed by atoms with van der Waals surface area (Å²) >= 11 is 0. The number of esters is 1. The van der Waals surface area contributed by atoms with Crippen LogP contribution in [0, 0.1) is 0 Å². The van der Waals surface area contributed by atoms with Gasteiger partial charge in [0.15, 0.2) is 5.88 Å². The van der Waals surface area contributed by atoms with E-state index in [1.165, 1.54) is 13.2 Å². The molecule has 4 rings (SSSR count). The van der Waals surface area contributed by atoms with E-state index >= 15 is 0 Å². The predicted octanol–water partition coefficient (Wildman–Crippen LogP) is 2.64. The molecule has 128 valence electrons. The van der Waals surface area contributed by atoms with Gasteiger partial charge >= 0.3 is 5.97 Å². The molecule has 1 aliphatic heterocycles. The number of hydrogen-bond acceptors (Lipinski definition) is 5. The van der Waals surface area contributed by atoms with E-state index in [9.17, 15) is 9.90 Å². The Balaban J connectivity index is 1.79. The summed E-state index contributed by atoms with van der Waals surface area (Å²) in [6.07, 6.45) is 4.79. The predicted molar refractivity (Wildman–Crippen MR) is 98.3 cm³/mol. The monoisotopic (exact) mass is 345 g/mol. The van der Waals surface area contributed by atoms with Gasteiger partial charge in [-0.15, -0.1) is 10.2 Å². The summed E-state index contributed by atoms with van der Waals surface area (Å²) < 4.78 is 4.58. The molecule has 2 heterocycles. The number of H-pyrrole nitrogens is 1. The van der Waals surface area contributed by atoms with Crippen molar-refractivity contribution in [2.24, 2.45) is 10.2 Å². The first-order valence-electron chi connectivity index (χ1n) is 7.99. The molecular weight excluding hydrogens is 330 g/mol. The molecule has 0 bridgehead atoms. The molecule has 0 saturated heterocycles. The Morgan fingerprint density at radius 3 is 2.88 bits per heavy atom. The molecule has 6 nitrogen and oxygen atoms in total. The van der Waals surface area contributed by atoms with Crippen LogP contribution in [0.15, 0.2) is 64.8 Å². The number of hydrogen-bond donors (Lipinski definition) is 2. The van der Waals surface area contributed by atoms with Gasteiger partial charge in [0.05, 0.1) is 18.5 Å². The molecule has 0 aliphatic carbocycles. The molecule has 0 fully saturated rings. The number of nitrogens with zero attached hydrogens (tertiary/aromatic N) is 2. The third kappa shape index (κ3) is 2.77. The average molecular weight is 345 g/mol. The lowest BCUT2D eigenvalue weighted by Gasteiger charge is -1.94. The quantitative estimate of drug-likeness (QED) is 0.565. The van der Waals surface area contributed by atoms with E-state index in [1.807, 2.05) is 48.5 Å². The van der Waals surface area contributed by atoms with E-state index in [0.717, 1.165) is 26.9 Å². The average Bonchev–Trinajstić information content (AvgIpc) is 3.20. The highest BCUT2D eigenvalue weighted by Gasteiger charge is 2.09. The Morgan fingerprint density at radius 1 is 1.19 bits per heavy atom. The molecule has 0 spiro atoms. The summed E-state index contributed by atoms with van der Waals surface area (Å²) in [6.45, 7) is 0. The second-order valence-corrected chi connectivity index (χ2v) is 5.80. The zero-order valence-electron chi connectivity index (χ0n) is 13.9. The molecule has 3 aromatic rings. The molecule has 0 saturated carbocycles. The minimum absolute atomic E-state index is 0.126. The molecule has 0 atom stereocenters. The van der Waals surface area contributed by atoms with E-state index in [0.29, 0.717) is 11.4 Å². The van der Waals surface area contributed by atoms with Crippen molar-refractivity contribution >= 4 is 34.3 Å². The molecule has 2 aromatic carbocycles. The van der Waals surface area contributed by atoms with Gasteiger partial charge in [0.2, 0.25) is 0 Å². The van der Waals surface area contributed by atoms with Gasteiger partial charge in [-0.2, -0.15) is 0 Å². The fourth-order valence-corrected chi connectivity index (χ4v) is 2.90. The lowest BCUT2D eigenvalue weighted by molar-refractivity contribution is -0.134. The molecule has 1 aromatic heterocycles. The Hall–Kier alpha value is -3.67. The van der Waals surface area contributed by atoms with Gasteiger partial charge in [-0.1, -0.05) is 24.3 Å². The first-order valence-corrected chi connectivity index (χ1v) is 7.99. The van der Waals surface area contributed by atoms with Gasteiger partial charge in [-0.25, -0.2) is 4.79 Å². The van der Waals surface area contributed by atoms with Gasteiger partial charge < -0.3 is 14.8 Å². The summed E-state index contributed by atoms with van der Waals surface area (Å²) in [4.78, 5) is 14.2. The van der Waals surface area contributed by atoms with Crippen molar-refractivity contribution in [3.63, 3.8) is 0 Å². The number of carbonyl (C=O) groups is 1. The Labute approximate surface area is 148 Å². The van der Waals surface area contributed by atoms with Gasteiger partial charge in [-0.05, 0) is 35.6 Å². The topological polar surface area (TPSA) is 87.0 Å². The van der Waals surface area contributed by atoms with Crippen LogP contribution in [0.3, 0.4) is 0 Å². The van der Waals surface area contributed by atoms with Crippen molar-refractivity contribution in [1.29, 1.82) is 0 Å². The van der Waals surface area contributed by atoms with E-state index in [2.05, 4.69) is 19.9 Å². The molecule has 0 radical (unpaired) electrons. The number of methoxy groups -OCH3 is 1. The SMILES string of the molecule is COC(=O)/C=C/C1=c2cc/c(=C\c3c(O)[nH]c4ccccc34)cc2N=N1. The number of aromatic amines is 1. The normalized spacial score (nSPS) is 13.7. The van der Waals surface area contributed by atoms with E-state index in [-0.39, 0.29) is 5.88 Å². The first-order chi connectivity index (χ1) is 12.7. The lowest BCUT2D eigenvalue weighted by Crippen LogP contribution is -2.08. The second kappa shape index (κ2) is 6.33. The number of rotatable bonds is 3. The number of aromatic nitrogens is 1. The van der Waals surface area contributed by atoms with Crippen molar-refractivity contribution in [3.05, 3.63) is 70.6 Å². The minimum Gasteiger partial charge on any atom is -0.494 e. The maximum absolute atomic E-state index is 11.2. The zero-order chi connectivity index (χ0) is 18.1. The summed E-state index contributed by atoms with van der Waals surface area (Å²) in [7, 11) is 1.32. The van der Waals surface area contributed by atoms with Gasteiger partial charge in [0.25, 0.3) is 0 Å². The third-order valence-electron chi connectivity index (χ3n) is 4.18. The highest BCUT2D eigenvalue weighted by molar-refractivity contribution is 5.91. The Morgan fingerprint density at radius 2 is 2.04 bits per heavy atom. The van der Waals surface area contributed by atoms with Crippen LogP contribution < -0.4 is 10.4 Å². The fourth-order valence-electron chi connectivity index (χ4n) is 2.90. The van der Waals surface area contributed by atoms with E-state index in [1.54, 1.807) is 6.08 Å². The number of fused-ring (bicyclic) bond motifs is 2. The summed E-state index contributed by atoms with van der Waals surface area (Å²) in [5, 5.41) is 21.1. The number of para-hydroxylation sites is 1. The lowest BCUT2D eigenvalue weighted by atomic mass is 10.1. The number of nitrogens with one attached hydrogen (secondary N) is 1. The fraction of sp³-hybridized carbons (Fsp3) is 0.0500. The number of aromatic hydroxyl groups is 1. The maximum Gasteiger partial charge on any atom is 0.330 e. The van der Waals surface area contributed by atoms with Crippen LogP contribution in [0.4, 0.5) is 5.69 Å². The molecule has 26 heavy (non-hydrogen) atoms. The standard InChI is InChI=1S/C20H15N3O3/c1-26-19(24)9-8-17-14-7-6-12(11-18(14)23-22-17)10-15-13-4-2-3-5-16(13)21-20(15)25/h2-11,21,25H,1H3/b9-8+,12-10+. The second-order valence-electron chi connectivity index (χ2n) is 5.80. The molecule has 0 amide bonds. The van der Waals surface area contributed by atoms with Gasteiger partial charge in [0, 0.05) is 27.8 Å². The molecule has 2 N–H and O–H groups in total. The van der Waals surface area contributed by atoms with Crippen molar-refractivity contribution in [3.8, 4) is 5.88 Å². The number of carbonyl (C=O) groups excluding carboxylic acids is 1. The number of azo groups is 1. The molecule has 1 aliphatic rings. The molecular formula is C20H15N3O3. The summed E-state index contributed by atoms with van der Waals surface area (Å²) in [6, 6.07) is 13.4. The third-order valence-corrected chi connectivity index (χ3v) is 4.18. The zero-order valence-corrected chi connectivity index (χ0v) is 13.9. The minimum atomic E-state index is -0.444. The maximum atomic E-state index is 11.2. The van der Waals surface area contributed by atoms with Crippen molar-refractivity contribution in [2.75, 3.05) is 7.11 Å². The smallest absolute Gasteiger partial charge is 0.330 e. The van der Waals surface area contributed by atoms with Crippen LogP contribution in [0.25, 0.3) is 22.7 Å². The summed E-state index contributed by atoms with van der Waals surface area (Å²) in [5.41, 5.74) is 2.92. The van der Waals surface area contributed by atoms with Gasteiger partial charge in [-0.3, -0.25) is 0 Å². The van der Waals surface area contributed by atoms with E-state index < -0.39 is 5.97 Å². The highest BCUT2D eigenvalue weighted by atomic mass is 16.5. The van der Waals surface area contributed by atoms with Gasteiger partial charge in [0.1, 0.15) is 0 Å². The van der Waals surface area contributed by atoms with Crippen LogP contribution in [0.5, 0.6) is 5.88 Å². The van der Waals surface area contributed by atoms with Crippen LogP contribution >= 0.6 is 0 Å². The van der Waals surface area contributed by atoms with Crippen molar-refractivity contribution in [1.82, 2.24) is 4.98 Å². The first kappa shape index (κ1) is 15.8. The Kier molecular flexibility index (Phi) is 3.85. The van der Waals surface area contributed by atoms with Crippen molar-refractivity contribution in [2.45, 2.75) is 0 Å².